The highest BCUT2D eigenvalue weighted by Gasteiger charge is 2.42. The molecular weight excluding hydrogens is 356 g/mol. The highest BCUT2D eigenvalue weighted by molar-refractivity contribution is 7.92. The van der Waals surface area contributed by atoms with Gasteiger partial charge in [-0.15, -0.1) is 0 Å². The second-order valence-corrected chi connectivity index (χ2v) is 9.94. The third-order valence-electron chi connectivity index (χ3n) is 3.90. The fourth-order valence-corrected chi connectivity index (χ4v) is 5.83. The second-order valence-electron chi connectivity index (χ2n) is 5.79. The highest BCUT2D eigenvalue weighted by Crippen LogP contribution is 2.24. The monoisotopic (exact) mass is 376 g/mol. The van der Waals surface area contributed by atoms with Crippen LogP contribution in [-0.4, -0.2) is 62.9 Å². The van der Waals surface area contributed by atoms with Crippen molar-refractivity contribution < 1.29 is 26.7 Å². The van der Waals surface area contributed by atoms with Crippen molar-refractivity contribution in [3.05, 3.63) is 29.8 Å². The van der Waals surface area contributed by atoms with Crippen molar-refractivity contribution >= 4 is 25.8 Å². The Hall–Kier alpha value is -1.49. The van der Waals surface area contributed by atoms with Crippen LogP contribution < -0.4 is 5.32 Å². The molecule has 10 heteroatoms. The Morgan fingerprint density at radius 2 is 1.88 bits per heavy atom. The summed E-state index contributed by atoms with van der Waals surface area (Å²) < 4.78 is 49.3. The van der Waals surface area contributed by atoms with E-state index in [9.17, 15) is 26.7 Å². The van der Waals surface area contributed by atoms with E-state index in [0.717, 1.165) is 9.87 Å². The van der Waals surface area contributed by atoms with Crippen LogP contribution >= 0.6 is 0 Å². The van der Waals surface area contributed by atoms with E-state index in [2.05, 4.69) is 5.32 Å². The zero-order valence-corrected chi connectivity index (χ0v) is 15.0. The van der Waals surface area contributed by atoms with Gasteiger partial charge in [0.1, 0.15) is 0 Å². The Balaban J connectivity index is 2.19. The molecule has 8 nitrogen and oxygen atoms in total. The first-order valence-electron chi connectivity index (χ1n) is 7.23. The third-order valence-corrected chi connectivity index (χ3v) is 7.50. The second kappa shape index (κ2) is 6.79. The average Bonchev–Trinajstić information content (AvgIpc) is 2.77. The minimum atomic E-state index is -3.93. The van der Waals surface area contributed by atoms with Crippen molar-refractivity contribution in [3.8, 4) is 0 Å². The predicted octanol–water partition coefficient (Wildman–Crippen LogP) is -0.899. The minimum Gasteiger partial charge on any atom is -0.390 e. The number of benzene rings is 1. The molecular formula is C14H20N2O6S2. The van der Waals surface area contributed by atoms with Crippen molar-refractivity contribution in [2.75, 3.05) is 18.6 Å². The van der Waals surface area contributed by atoms with Crippen LogP contribution in [0.4, 0.5) is 0 Å². The maximum Gasteiger partial charge on any atom is 0.243 e. The van der Waals surface area contributed by atoms with Crippen LogP contribution in [0.25, 0.3) is 0 Å². The normalized spacial score (nSPS) is 23.3. The molecule has 0 aromatic heterocycles. The molecule has 1 aliphatic rings. The number of nitrogens with zero attached hydrogens (tertiary/aromatic N) is 1. The smallest absolute Gasteiger partial charge is 0.243 e. The standard InChI is InChI=1S/C14H20N2O6S2/c1-10(17)15-7-11-3-5-12(6-4-11)24(21,22)16(2)13-8-23(19,20)9-14(13)18/h3-6,13-14,18H,7-9H2,1-2H3,(H,15,17)/t13-,14+/m0/s1. The molecule has 24 heavy (non-hydrogen) atoms. The molecule has 0 radical (unpaired) electrons. The number of rotatable bonds is 5. The van der Waals surface area contributed by atoms with Crippen LogP contribution in [0, 0.1) is 0 Å². The van der Waals surface area contributed by atoms with Gasteiger partial charge in [0.05, 0.1) is 28.5 Å². The van der Waals surface area contributed by atoms with Crippen molar-refractivity contribution in [2.24, 2.45) is 0 Å². The Bertz CT molecular complexity index is 817. The highest BCUT2D eigenvalue weighted by atomic mass is 32.2. The summed E-state index contributed by atoms with van der Waals surface area (Å²) in [6.45, 7) is 1.67. The summed E-state index contributed by atoms with van der Waals surface area (Å²) in [6, 6.07) is 4.91. The molecule has 2 N–H and O–H groups in total. The number of sulfone groups is 1. The number of carbonyl (C=O) groups excluding carboxylic acids is 1. The molecule has 0 aliphatic carbocycles. The number of aliphatic hydroxyl groups is 1. The van der Waals surface area contributed by atoms with Crippen LogP contribution in [0.1, 0.15) is 12.5 Å². The van der Waals surface area contributed by atoms with E-state index in [0.29, 0.717) is 0 Å². The minimum absolute atomic E-state index is 0.00641. The van der Waals surface area contributed by atoms with Gasteiger partial charge in [0.15, 0.2) is 9.84 Å². The van der Waals surface area contributed by atoms with Gasteiger partial charge in [-0.25, -0.2) is 16.8 Å². The van der Waals surface area contributed by atoms with E-state index >= 15 is 0 Å². The van der Waals surface area contributed by atoms with E-state index in [1.807, 2.05) is 0 Å². The van der Waals surface area contributed by atoms with Crippen LogP contribution in [0.3, 0.4) is 0 Å². The lowest BCUT2D eigenvalue weighted by Gasteiger charge is -2.25. The first kappa shape index (κ1) is 18.8. The van der Waals surface area contributed by atoms with Gasteiger partial charge in [-0.2, -0.15) is 4.31 Å². The van der Waals surface area contributed by atoms with Crippen LogP contribution in [0.5, 0.6) is 0 Å². The summed E-state index contributed by atoms with van der Waals surface area (Å²) >= 11 is 0. The zero-order valence-electron chi connectivity index (χ0n) is 13.3. The molecule has 2 atom stereocenters. The molecule has 1 fully saturated rings. The Morgan fingerprint density at radius 3 is 2.33 bits per heavy atom. The Kier molecular flexibility index (Phi) is 5.33. The fourth-order valence-electron chi connectivity index (χ4n) is 2.51. The van der Waals surface area contributed by atoms with Crippen molar-refractivity contribution in [1.82, 2.24) is 9.62 Å². The molecule has 1 amide bonds. The number of amides is 1. The molecule has 1 aromatic rings. The van der Waals surface area contributed by atoms with E-state index in [1.165, 1.54) is 26.1 Å². The van der Waals surface area contributed by atoms with Gasteiger partial charge in [0.25, 0.3) is 0 Å². The lowest BCUT2D eigenvalue weighted by molar-refractivity contribution is -0.119. The Labute approximate surface area is 141 Å². The molecule has 1 aromatic carbocycles. The lowest BCUT2D eigenvalue weighted by Crippen LogP contribution is -2.44. The fraction of sp³-hybridized carbons (Fsp3) is 0.500. The SMILES string of the molecule is CC(=O)NCc1ccc(S(=O)(=O)N(C)[C@H]2CS(=O)(=O)C[C@H]2O)cc1. The number of aliphatic hydroxyl groups excluding tert-OH is 1. The largest absolute Gasteiger partial charge is 0.390 e. The predicted molar refractivity (Wildman–Crippen MR) is 87.4 cm³/mol. The molecule has 0 spiro atoms. The summed E-state index contributed by atoms with van der Waals surface area (Å²) in [5.74, 6) is -1.03. The Morgan fingerprint density at radius 1 is 1.29 bits per heavy atom. The van der Waals surface area contributed by atoms with Gasteiger partial charge < -0.3 is 10.4 Å². The van der Waals surface area contributed by atoms with E-state index < -0.39 is 43.5 Å². The first-order valence-corrected chi connectivity index (χ1v) is 10.5. The number of hydrogen-bond acceptors (Lipinski definition) is 6. The summed E-state index contributed by atoms with van der Waals surface area (Å²) in [5, 5.41) is 12.4. The number of likely N-dealkylation sites (N-methyl/N-ethyl adjacent to an activating group) is 1. The summed E-state index contributed by atoms with van der Waals surface area (Å²) in [7, 11) is -6.12. The van der Waals surface area contributed by atoms with E-state index in [-0.39, 0.29) is 17.3 Å². The molecule has 1 heterocycles. The van der Waals surface area contributed by atoms with Gasteiger partial charge >= 0.3 is 0 Å². The van der Waals surface area contributed by atoms with Crippen molar-refractivity contribution in [2.45, 2.75) is 30.5 Å². The number of nitrogens with one attached hydrogen (secondary N) is 1. The van der Waals surface area contributed by atoms with E-state index in [4.69, 9.17) is 0 Å². The molecule has 1 aliphatic heterocycles. The van der Waals surface area contributed by atoms with E-state index in [1.54, 1.807) is 12.1 Å². The van der Waals surface area contributed by atoms with Gasteiger partial charge in [-0.05, 0) is 17.7 Å². The average molecular weight is 376 g/mol. The first-order chi connectivity index (χ1) is 11.0. The molecule has 134 valence electrons. The van der Waals surface area contributed by atoms with Gasteiger partial charge in [0.2, 0.25) is 15.9 Å². The van der Waals surface area contributed by atoms with Crippen molar-refractivity contribution in [1.29, 1.82) is 0 Å². The lowest BCUT2D eigenvalue weighted by atomic mass is 10.2. The zero-order chi connectivity index (χ0) is 18.1. The third kappa shape index (κ3) is 4.12. The van der Waals surface area contributed by atoms with Gasteiger partial charge in [-0.1, -0.05) is 12.1 Å². The van der Waals surface area contributed by atoms with Crippen molar-refractivity contribution in [3.63, 3.8) is 0 Å². The van der Waals surface area contributed by atoms with Crippen LogP contribution in [0.15, 0.2) is 29.2 Å². The maximum absolute atomic E-state index is 12.6. The van der Waals surface area contributed by atoms with Gasteiger partial charge in [-0.3, -0.25) is 4.79 Å². The molecule has 0 saturated carbocycles. The summed E-state index contributed by atoms with van der Waals surface area (Å²) in [5.41, 5.74) is 0.732. The van der Waals surface area contributed by atoms with Gasteiger partial charge in [0, 0.05) is 20.5 Å². The van der Waals surface area contributed by atoms with Crippen LogP contribution in [0.2, 0.25) is 0 Å². The molecule has 1 saturated heterocycles. The number of carbonyl (C=O) groups is 1. The summed E-state index contributed by atoms with van der Waals surface area (Å²) in [6.07, 6.45) is -1.24. The molecule has 0 bridgehead atoms. The molecule has 2 rings (SSSR count). The number of sulfonamides is 1. The maximum atomic E-state index is 12.6. The van der Waals surface area contributed by atoms with Crippen LogP contribution in [-0.2, 0) is 31.2 Å². The topological polar surface area (TPSA) is 121 Å². The number of hydrogen-bond donors (Lipinski definition) is 2. The summed E-state index contributed by atoms with van der Waals surface area (Å²) in [4.78, 5) is 10.9. The molecule has 0 unspecified atom stereocenters. The quantitative estimate of drug-likeness (QED) is 0.687.